The number of nitrogens with zero attached hydrogens (tertiary/aromatic N) is 3. The molecule has 0 saturated heterocycles. The summed E-state index contributed by atoms with van der Waals surface area (Å²) >= 11 is 0. The van der Waals surface area contributed by atoms with Crippen LogP contribution in [-0.2, 0) is 0 Å². The summed E-state index contributed by atoms with van der Waals surface area (Å²) in [7, 11) is 0. The van der Waals surface area contributed by atoms with Gasteiger partial charge >= 0.3 is 0 Å². The summed E-state index contributed by atoms with van der Waals surface area (Å²) in [6, 6.07) is 3.66. The van der Waals surface area contributed by atoms with Gasteiger partial charge in [-0.1, -0.05) is 0 Å². The Kier molecular flexibility index (Phi) is 4.82. The number of aromatic nitrogens is 2. The Morgan fingerprint density at radius 3 is 2.94 bits per heavy atom. The molecule has 0 atom stereocenters. The number of hydrogen-bond donors (Lipinski definition) is 1. The predicted octanol–water partition coefficient (Wildman–Crippen LogP) is 1.87. The predicted molar refractivity (Wildman–Crippen MR) is 62.7 cm³/mol. The summed E-state index contributed by atoms with van der Waals surface area (Å²) in [6.07, 6.45) is 7.90. The van der Waals surface area contributed by atoms with Gasteiger partial charge in [0.25, 0.3) is 0 Å². The number of rotatable bonds is 5. The quantitative estimate of drug-likeness (QED) is 0.600. The Balaban J connectivity index is 2.45. The molecule has 0 aliphatic carbocycles. The number of nitriles is 1. The molecule has 1 heterocycles. The van der Waals surface area contributed by atoms with E-state index in [2.05, 4.69) is 21.2 Å². The second kappa shape index (κ2) is 6.42. The minimum atomic E-state index is 0.388. The van der Waals surface area contributed by atoms with Crippen LogP contribution in [-0.4, -0.2) is 16.5 Å². The number of nitrogens with one attached hydrogen (secondary N) is 1. The lowest BCUT2D eigenvalue weighted by Crippen LogP contribution is -2.06. The smallest absolute Gasteiger partial charge is 0.224 e. The lowest BCUT2D eigenvalue weighted by atomic mass is 10.2. The molecule has 1 aromatic heterocycles. The van der Waals surface area contributed by atoms with Crippen molar-refractivity contribution < 1.29 is 0 Å². The number of hydrogen-bond acceptors (Lipinski definition) is 4. The van der Waals surface area contributed by atoms with E-state index in [9.17, 15) is 0 Å². The number of anilines is 1. The van der Waals surface area contributed by atoms with Crippen LogP contribution in [0.3, 0.4) is 0 Å². The molecule has 16 heavy (non-hydrogen) atoms. The van der Waals surface area contributed by atoms with Gasteiger partial charge < -0.3 is 5.32 Å². The summed E-state index contributed by atoms with van der Waals surface area (Å²) in [5, 5.41) is 11.8. The molecule has 1 rings (SSSR count). The minimum absolute atomic E-state index is 0.388. The van der Waals surface area contributed by atoms with Crippen LogP contribution in [0.2, 0.25) is 0 Å². The SMILES string of the molecule is C#CCCCCNc1nc(C)cc(C#N)n1. The fourth-order valence-electron chi connectivity index (χ4n) is 1.26. The molecule has 1 N–H and O–H groups in total. The third kappa shape index (κ3) is 3.98. The molecule has 82 valence electrons. The minimum Gasteiger partial charge on any atom is -0.354 e. The van der Waals surface area contributed by atoms with E-state index in [1.54, 1.807) is 6.07 Å². The van der Waals surface area contributed by atoms with Crippen molar-refractivity contribution in [1.29, 1.82) is 5.26 Å². The fourth-order valence-corrected chi connectivity index (χ4v) is 1.26. The molecule has 0 aliphatic heterocycles. The fraction of sp³-hybridized carbons (Fsp3) is 0.417. The third-order valence-electron chi connectivity index (χ3n) is 2.00. The Labute approximate surface area is 95.7 Å². The first-order chi connectivity index (χ1) is 7.76. The van der Waals surface area contributed by atoms with Crippen LogP contribution in [0.25, 0.3) is 0 Å². The highest BCUT2D eigenvalue weighted by atomic mass is 15.1. The van der Waals surface area contributed by atoms with Crippen LogP contribution in [0.1, 0.15) is 30.7 Å². The first-order valence-electron chi connectivity index (χ1n) is 5.19. The van der Waals surface area contributed by atoms with Crippen molar-refractivity contribution in [2.24, 2.45) is 0 Å². The van der Waals surface area contributed by atoms with Gasteiger partial charge in [0.15, 0.2) is 0 Å². The monoisotopic (exact) mass is 214 g/mol. The van der Waals surface area contributed by atoms with Gasteiger partial charge in [0, 0.05) is 18.7 Å². The van der Waals surface area contributed by atoms with Gasteiger partial charge in [0.1, 0.15) is 11.8 Å². The largest absolute Gasteiger partial charge is 0.354 e. The summed E-state index contributed by atoms with van der Waals surface area (Å²) in [5.74, 6) is 3.10. The van der Waals surface area contributed by atoms with Crippen molar-refractivity contribution in [3.05, 3.63) is 17.5 Å². The highest BCUT2D eigenvalue weighted by Gasteiger charge is 2.00. The van der Waals surface area contributed by atoms with E-state index in [-0.39, 0.29) is 0 Å². The molecule has 0 spiro atoms. The van der Waals surface area contributed by atoms with Gasteiger partial charge in [-0.15, -0.1) is 12.3 Å². The molecular weight excluding hydrogens is 200 g/mol. The molecule has 0 amide bonds. The van der Waals surface area contributed by atoms with E-state index in [0.29, 0.717) is 11.6 Å². The molecule has 1 aromatic rings. The van der Waals surface area contributed by atoms with Gasteiger partial charge in [-0.3, -0.25) is 0 Å². The molecule has 4 nitrogen and oxygen atoms in total. The molecule has 0 radical (unpaired) electrons. The molecule has 0 unspecified atom stereocenters. The Morgan fingerprint density at radius 2 is 2.25 bits per heavy atom. The van der Waals surface area contributed by atoms with Gasteiger partial charge in [-0.05, 0) is 25.8 Å². The maximum absolute atomic E-state index is 8.74. The summed E-state index contributed by atoms with van der Waals surface area (Å²) in [5.41, 5.74) is 1.18. The van der Waals surface area contributed by atoms with Crippen LogP contribution < -0.4 is 5.32 Å². The zero-order valence-corrected chi connectivity index (χ0v) is 9.32. The van der Waals surface area contributed by atoms with Crippen LogP contribution in [0.4, 0.5) is 5.95 Å². The second-order valence-electron chi connectivity index (χ2n) is 3.42. The highest BCUT2D eigenvalue weighted by molar-refractivity contribution is 5.32. The van der Waals surface area contributed by atoms with E-state index in [0.717, 1.165) is 31.5 Å². The summed E-state index contributed by atoms with van der Waals surface area (Å²) < 4.78 is 0. The number of unbranched alkanes of at least 4 members (excludes halogenated alkanes) is 2. The van der Waals surface area contributed by atoms with Crippen LogP contribution in [0.5, 0.6) is 0 Å². The van der Waals surface area contributed by atoms with Gasteiger partial charge in [-0.2, -0.15) is 5.26 Å². The molecule has 0 bridgehead atoms. The average Bonchev–Trinajstić information content (AvgIpc) is 2.28. The van der Waals surface area contributed by atoms with Crippen molar-refractivity contribution in [3.8, 4) is 18.4 Å². The average molecular weight is 214 g/mol. The van der Waals surface area contributed by atoms with E-state index >= 15 is 0 Å². The molecule has 0 aromatic carbocycles. The number of aryl methyl sites for hydroxylation is 1. The topological polar surface area (TPSA) is 61.6 Å². The van der Waals surface area contributed by atoms with Gasteiger partial charge in [0.05, 0.1) is 0 Å². The number of terminal acetylenes is 1. The van der Waals surface area contributed by atoms with E-state index < -0.39 is 0 Å². The van der Waals surface area contributed by atoms with E-state index in [1.807, 2.05) is 13.0 Å². The maximum Gasteiger partial charge on any atom is 0.224 e. The van der Waals surface area contributed by atoms with Crippen molar-refractivity contribution >= 4 is 5.95 Å². The third-order valence-corrected chi connectivity index (χ3v) is 2.00. The lowest BCUT2D eigenvalue weighted by Gasteiger charge is -2.04. The normalized spacial score (nSPS) is 9.19. The Morgan fingerprint density at radius 1 is 1.44 bits per heavy atom. The van der Waals surface area contributed by atoms with Crippen LogP contribution in [0, 0.1) is 30.6 Å². The van der Waals surface area contributed by atoms with E-state index in [4.69, 9.17) is 11.7 Å². The molecular formula is C12H14N4. The molecule has 0 fully saturated rings. The standard InChI is InChI=1S/C12H14N4/c1-3-4-5-6-7-14-12-15-10(2)8-11(9-13)16-12/h1,8H,4-7H2,2H3,(H,14,15,16). The van der Waals surface area contributed by atoms with Crippen LogP contribution >= 0.6 is 0 Å². The second-order valence-corrected chi connectivity index (χ2v) is 3.42. The van der Waals surface area contributed by atoms with Gasteiger partial charge in [0.2, 0.25) is 5.95 Å². The zero-order chi connectivity index (χ0) is 11.8. The Hall–Kier alpha value is -2.07. The summed E-state index contributed by atoms with van der Waals surface area (Å²) in [4.78, 5) is 8.23. The first kappa shape index (κ1) is 12.0. The van der Waals surface area contributed by atoms with Crippen molar-refractivity contribution in [1.82, 2.24) is 9.97 Å². The van der Waals surface area contributed by atoms with E-state index in [1.165, 1.54) is 0 Å². The van der Waals surface area contributed by atoms with Crippen molar-refractivity contribution in [2.45, 2.75) is 26.2 Å². The van der Waals surface area contributed by atoms with Crippen molar-refractivity contribution in [3.63, 3.8) is 0 Å². The zero-order valence-electron chi connectivity index (χ0n) is 9.32. The van der Waals surface area contributed by atoms with Gasteiger partial charge in [-0.25, -0.2) is 9.97 Å². The summed E-state index contributed by atoms with van der Waals surface area (Å²) in [6.45, 7) is 2.61. The maximum atomic E-state index is 8.74. The van der Waals surface area contributed by atoms with Crippen molar-refractivity contribution in [2.75, 3.05) is 11.9 Å². The molecule has 0 saturated carbocycles. The highest BCUT2D eigenvalue weighted by Crippen LogP contribution is 2.04. The van der Waals surface area contributed by atoms with Crippen LogP contribution in [0.15, 0.2) is 6.07 Å². The first-order valence-corrected chi connectivity index (χ1v) is 5.19. The molecule has 4 heteroatoms. The molecule has 0 aliphatic rings. The lowest BCUT2D eigenvalue weighted by molar-refractivity contribution is 0.783. The Bertz CT molecular complexity index is 426.